The number of thioether (sulfide) groups is 1. The molecule has 0 atom stereocenters. The van der Waals surface area contributed by atoms with Crippen LogP contribution in [0.1, 0.15) is 5.56 Å². The van der Waals surface area contributed by atoms with Crippen LogP contribution in [0.5, 0.6) is 5.75 Å². The average Bonchev–Trinajstić information content (AvgIpc) is 3.18. The number of hydrogen-bond acceptors (Lipinski definition) is 6. The van der Waals surface area contributed by atoms with Gasteiger partial charge in [0.25, 0.3) is 17.1 Å². The molecule has 1 saturated heterocycles. The lowest BCUT2D eigenvalue weighted by molar-refractivity contribution is -0.118. The fourth-order valence-corrected chi connectivity index (χ4v) is 3.93. The van der Waals surface area contributed by atoms with Crippen LogP contribution in [0.3, 0.4) is 0 Å². The van der Waals surface area contributed by atoms with E-state index in [0.717, 1.165) is 0 Å². The molecule has 2 heterocycles. The van der Waals surface area contributed by atoms with E-state index in [0.29, 0.717) is 34.4 Å². The zero-order valence-electron chi connectivity index (χ0n) is 15.2. The summed E-state index contributed by atoms with van der Waals surface area (Å²) in [5.41, 5.74) is 1.72. The van der Waals surface area contributed by atoms with Gasteiger partial charge in [-0.05, 0) is 42.1 Å². The number of methoxy groups -OCH3 is 1. The fourth-order valence-electron chi connectivity index (χ4n) is 3.15. The Morgan fingerprint density at radius 2 is 1.83 bits per heavy atom. The number of amides is 4. The predicted octanol–water partition coefficient (Wildman–Crippen LogP) is 2.37. The maximum Gasteiger partial charge on any atom is 0.290 e. The Balaban J connectivity index is 1.60. The zero-order valence-corrected chi connectivity index (χ0v) is 16.0. The summed E-state index contributed by atoms with van der Waals surface area (Å²) >= 11 is 0.685. The number of ether oxygens (including phenoxy) is 1. The number of imide groups is 1. The summed E-state index contributed by atoms with van der Waals surface area (Å²) in [7, 11) is 1.55. The molecule has 0 saturated carbocycles. The third-order valence-corrected chi connectivity index (χ3v) is 5.32. The second-order valence-corrected chi connectivity index (χ2v) is 7.22. The van der Waals surface area contributed by atoms with E-state index in [4.69, 9.17) is 4.74 Å². The van der Waals surface area contributed by atoms with E-state index < -0.39 is 23.0 Å². The minimum atomic E-state index is -0.609. The van der Waals surface area contributed by atoms with E-state index in [2.05, 4.69) is 10.6 Å². The smallest absolute Gasteiger partial charge is 0.290 e. The molecule has 0 aliphatic carbocycles. The van der Waals surface area contributed by atoms with Crippen molar-refractivity contribution in [1.29, 1.82) is 0 Å². The van der Waals surface area contributed by atoms with Crippen LogP contribution >= 0.6 is 11.8 Å². The van der Waals surface area contributed by atoms with Crippen molar-refractivity contribution in [2.75, 3.05) is 23.9 Å². The number of carbonyl (C=O) groups excluding carboxylic acids is 4. The van der Waals surface area contributed by atoms with E-state index in [1.54, 1.807) is 55.6 Å². The molecule has 1 fully saturated rings. The number of anilines is 2. The van der Waals surface area contributed by atoms with Crippen molar-refractivity contribution in [3.63, 3.8) is 0 Å². The first kappa shape index (κ1) is 18.8. The largest absolute Gasteiger partial charge is 0.497 e. The monoisotopic (exact) mass is 409 g/mol. The Morgan fingerprint density at radius 3 is 2.48 bits per heavy atom. The molecule has 9 heteroatoms. The van der Waals surface area contributed by atoms with Crippen LogP contribution in [0.4, 0.5) is 16.2 Å². The normalized spacial score (nSPS) is 18.0. The first-order valence-corrected chi connectivity index (χ1v) is 9.42. The van der Waals surface area contributed by atoms with Crippen LogP contribution < -0.4 is 20.3 Å². The van der Waals surface area contributed by atoms with Crippen molar-refractivity contribution < 1.29 is 23.9 Å². The molecule has 2 aromatic carbocycles. The molecule has 2 aromatic rings. The molecule has 8 nitrogen and oxygen atoms in total. The lowest BCUT2D eigenvalue weighted by Crippen LogP contribution is -2.35. The maximum absolute atomic E-state index is 13.0. The number of benzene rings is 2. The SMILES string of the molecule is COc1ccc(NC(=O)CN2C(=O)/C(=C3/SC(=O)NC3=O)c3ccccc32)cc1. The minimum Gasteiger partial charge on any atom is -0.497 e. The molecule has 0 unspecified atom stereocenters. The Morgan fingerprint density at radius 1 is 1.10 bits per heavy atom. The topological polar surface area (TPSA) is 105 Å². The van der Waals surface area contributed by atoms with Crippen LogP contribution in [0, 0.1) is 0 Å². The Kier molecular flexibility index (Phi) is 4.81. The number of hydrogen-bond donors (Lipinski definition) is 2. The number of rotatable bonds is 4. The lowest BCUT2D eigenvalue weighted by atomic mass is 10.1. The van der Waals surface area contributed by atoms with Gasteiger partial charge in [0.15, 0.2) is 0 Å². The highest BCUT2D eigenvalue weighted by Gasteiger charge is 2.40. The van der Waals surface area contributed by atoms with Crippen molar-refractivity contribution in [1.82, 2.24) is 5.32 Å². The second-order valence-electron chi connectivity index (χ2n) is 6.23. The summed E-state index contributed by atoms with van der Waals surface area (Å²) in [6.45, 7) is -0.237. The number of carbonyl (C=O) groups is 4. The van der Waals surface area contributed by atoms with Gasteiger partial charge in [-0.3, -0.25) is 29.4 Å². The van der Waals surface area contributed by atoms with Gasteiger partial charge in [-0.1, -0.05) is 18.2 Å². The molecule has 2 aliphatic heterocycles. The molecule has 0 radical (unpaired) electrons. The molecule has 4 rings (SSSR count). The third-order valence-electron chi connectivity index (χ3n) is 4.44. The highest BCUT2D eigenvalue weighted by atomic mass is 32.2. The van der Waals surface area contributed by atoms with Crippen molar-refractivity contribution in [3.05, 3.63) is 59.0 Å². The van der Waals surface area contributed by atoms with Crippen molar-refractivity contribution in [2.45, 2.75) is 0 Å². The molecule has 146 valence electrons. The summed E-state index contributed by atoms with van der Waals surface area (Å²) in [5.74, 6) is -0.847. The van der Waals surface area contributed by atoms with Gasteiger partial charge in [-0.2, -0.15) is 0 Å². The predicted molar refractivity (Wildman–Crippen MR) is 108 cm³/mol. The Labute approximate surface area is 169 Å². The highest BCUT2D eigenvalue weighted by Crippen LogP contribution is 2.42. The first-order valence-electron chi connectivity index (χ1n) is 8.60. The third kappa shape index (κ3) is 3.47. The molecule has 29 heavy (non-hydrogen) atoms. The van der Waals surface area contributed by atoms with E-state index in [9.17, 15) is 19.2 Å². The highest BCUT2D eigenvalue weighted by molar-refractivity contribution is 8.18. The summed E-state index contributed by atoms with van der Waals surface area (Å²) < 4.78 is 5.08. The van der Waals surface area contributed by atoms with Gasteiger partial charge < -0.3 is 10.1 Å². The van der Waals surface area contributed by atoms with Crippen molar-refractivity contribution in [2.24, 2.45) is 0 Å². The first-order chi connectivity index (χ1) is 14.0. The number of para-hydroxylation sites is 1. The number of nitrogens with one attached hydrogen (secondary N) is 2. The number of fused-ring (bicyclic) bond motifs is 1. The second kappa shape index (κ2) is 7.44. The number of nitrogens with zero attached hydrogens (tertiary/aromatic N) is 1. The minimum absolute atomic E-state index is 0.0468. The molecular formula is C20H15N3O5S. The van der Waals surface area contributed by atoms with Crippen molar-refractivity contribution >= 4 is 51.7 Å². The molecule has 2 aliphatic rings. The van der Waals surface area contributed by atoms with Gasteiger partial charge in [0, 0.05) is 11.3 Å². The van der Waals surface area contributed by atoms with Gasteiger partial charge in [0.1, 0.15) is 12.3 Å². The van der Waals surface area contributed by atoms with Crippen molar-refractivity contribution in [3.8, 4) is 5.75 Å². The van der Waals surface area contributed by atoms with Gasteiger partial charge >= 0.3 is 0 Å². The van der Waals surface area contributed by atoms with Crippen LogP contribution in [-0.2, 0) is 14.4 Å². The van der Waals surface area contributed by atoms with E-state index in [1.807, 2.05) is 0 Å². The van der Waals surface area contributed by atoms with Crippen LogP contribution in [0.2, 0.25) is 0 Å². The quantitative estimate of drug-likeness (QED) is 0.752. The van der Waals surface area contributed by atoms with E-state index in [1.165, 1.54) is 4.90 Å². The van der Waals surface area contributed by atoms with Gasteiger partial charge in [0.05, 0.1) is 23.3 Å². The fraction of sp³-hybridized carbons (Fsp3) is 0.100. The standard InChI is InChI=1S/C20H15N3O5S/c1-28-12-8-6-11(7-9-12)21-15(24)10-23-14-5-3-2-4-13(14)16(19(23)26)17-18(25)22-20(27)29-17/h2-9H,10H2,1H3,(H,21,24)(H,22,25,27)/b17-16+. The van der Waals surface area contributed by atoms with Crippen LogP contribution in [-0.4, -0.2) is 36.6 Å². The average molecular weight is 409 g/mol. The summed E-state index contributed by atoms with van der Waals surface area (Å²) in [6, 6.07) is 13.6. The lowest BCUT2D eigenvalue weighted by Gasteiger charge is -2.16. The van der Waals surface area contributed by atoms with Gasteiger partial charge in [-0.15, -0.1) is 0 Å². The van der Waals surface area contributed by atoms with Crippen LogP contribution in [0.15, 0.2) is 53.4 Å². The molecule has 0 bridgehead atoms. The molecule has 0 spiro atoms. The zero-order chi connectivity index (χ0) is 20.5. The van der Waals surface area contributed by atoms with Crippen LogP contribution in [0.25, 0.3) is 5.57 Å². The van der Waals surface area contributed by atoms with Gasteiger partial charge in [0.2, 0.25) is 5.91 Å². The Hall–Kier alpha value is -3.59. The molecular weight excluding hydrogens is 394 g/mol. The summed E-state index contributed by atoms with van der Waals surface area (Å²) in [5, 5.41) is 4.36. The Bertz CT molecular complexity index is 1080. The molecule has 0 aromatic heterocycles. The molecule has 2 N–H and O–H groups in total. The summed E-state index contributed by atoms with van der Waals surface area (Å²) in [4.78, 5) is 50.5. The van der Waals surface area contributed by atoms with E-state index in [-0.39, 0.29) is 17.0 Å². The van der Waals surface area contributed by atoms with E-state index >= 15 is 0 Å². The van der Waals surface area contributed by atoms with Gasteiger partial charge in [-0.25, -0.2) is 0 Å². The maximum atomic E-state index is 13.0. The molecule has 4 amide bonds. The summed E-state index contributed by atoms with van der Waals surface area (Å²) in [6.07, 6.45) is 0.